The lowest BCUT2D eigenvalue weighted by atomic mass is 10.2. The number of rotatable bonds is 5. The molecule has 3 aromatic rings. The highest BCUT2D eigenvalue weighted by atomic mass is 35.5. The third-order valence-corrected chi connectivity index (χ3v) is 5.88. The van der Waals surface area contributed by atoms with Gasteiger partial charge in [-0.3, -0.25) is 25.8 Å². The highest BCUT2D eigenvalue weighted by Crippen LogP contribution is 2.37. The number of thiocarbonyl (C=S) groups is 1. The standard InChI is InChI=1S/C19H15Cl2N3O4S2/c1-27-12-6-7-13-14(8-12)30-17(16(13)21)18(26)22-19(29)24-23-15(25)9-28-11-4-2-10(20)3-5-11/h2-8H,9H2,1H3,(H,23,25)(H2,22,24,26,29). The summed E-state index contributed by atoms with van der Waals surface area (Å²) < 4.78 is 11.3. The number of nitrogens with one attached hydrogen (secondary N) is 3. The molecule has 156 valence electrons. The zero-order valence-corrected chi connectivity index (χ0v) is 18.6. The number of ether oxygens (including phenoxy) is 2. The summed E-state index contributed by atoms with van der Waals surface area (Å²) >= 11 is 18.3. The molecule has 30 heavy (non-hydrogen) atoms. The zero-order valence-electron chi connectivity index (χ0n) is 15.5. The molecule has 3 rings (SSSR count). The maximum Gasteiger partial charge on any atom is 0.276 e. The van der Waals surface area contributed by atoms with Crippen molar-refractivity contribution in [2.45, 2.75) is 0 Å². The van der Waals surface area contributed by atoms with Crippen LogP contribution in [-0.2, 0) is 4.79 Å². The monoisotopic (exact) mass is 483 g/mol. The zero-order chi connectivity index (χ0) is 21.7. The molecule has 0 aliphatic heterocycles. The minimum absolute atomic E-state index is 0.0917. The Morgan fingerprint density at radius 3 is 2.47 bits per heavy atom. The Kier molecular flexibility index (Phi) is 7.33. The van der Waals surface area contributed by atoms with Crippen molar-refractivity contribution in [2.75, 3.05) is 13.7 Å². The molecule has 11 heteroatoms. The average Bonchev–Trinajstić information content (AvgIpc) is 3.07. The van der Waals surface area contributed by atoms with Gasteiger partial charge in [-0.2, -0.15) is 0 Å². The van der Waals surface area contributed by atoms with Gasteiger partial charge in [-0.15, -0.1) is 11.3 Å². The smallest absolute Gasteiger partial charge is 0.276 e. The van der Waals surface area contributed by atoms with Crippen LogP contribution in [0.2, 0.25) is 10.0 Å². The van der Waals surface area contributed by atoms with Crippen LogP contribution >= 0.6 is 46.8 Å². The number of fused-ring (bicyclic) bond motifs is 1. The molecule has 0 radical (unpaired) electrons. The van der Waals surface area contributed by atoms with Crippen molar-refractivity contribution in [3.8, 4) is 11.5 Å². The first-order valence-electron chi connectivity index (χ1n) is 8.42. The highest BCUT2D eigenvalue weighted by Gasteiger charge is 2.18. The Morgan fingerprint density at radius 2 is 1.77 bits per heavy atom. The van der Waals surface area contributed by atoms with Gasteiger partial charge in [0.05, 0.1) is 12.1 Å². The Morgan fingerprint density at radius 1 is 1.07 bits per heavy atom. The van der Waals surface area contributed by atoms with Crippen molar-refractivity contribution in [3.63, 3.8) is 0 Å². The number of hydrogen-bond acceptors (Lipinski definition) is 6. The van der Waals surface area contributed by atoms with E-state index in [9.17, 15) is 9.59 Å². The molecule has 3 N–H and O–H groups in total. The average molecular weight is 484 g/mol. The van der Waals surface area contributed by atoms with Gasteiger partial charge in [-0.25, -0.2) is 0 Å². The Bertz CT molecular complexity index is 1100. The second-order valence-electron chi connectivity index (χ2n) is 5.81. The van der Waals surface area contributed by atoms with Crippen LogP contribution < -0.4 is 25.6 Å². The van der Waals surface area contributed by atoms with Crippen LogP contribution in [0.1, 0.15) is 9.67 Å². The van der Waals surface area contributed by atoms with Gasteiger partial charge in [0.1, 0.15) is 16.4 Å². The fourth-order valence-corrected chi connectivity index (χ4v) is 4.06. The van der Waals surface area contributed by atoms with E-state index in [-0.39, 0.29) is 11.7 Å². The molecule has 0 bridgehead atoms. The Labute approximate surface area is 191 Å². The number of benzene rings is 2. The molecule has 0 atom stereocenters. The molecular formula is C19H15Cl2N3O4S2. The molecular weight excluding hydrogens is 469 g/mol. The third kappa shape index (κ3) is 5.51. The number of thiophene rings is 1. The number of hydrogen-bond donors (Lipinski definition) is 3. The summed E-state index contributed by atoms with van der Waals surface area (Å²) in [5.74, 6) is 0.160. The predicted octanol–water partition coefficient (Wildman–Crippen LogP) is 3.93. The second-order valence-corrected chi connectivity index (χ2v) is 8.08. The van der Waals surface area contributed by atoms with Crippen LogP contribution in [-0.4, -0.2) is 30.6 Å². The molecule has 0 spiro atoms. The molecule has 0 aliphatic carbocycles. The van der Waals surface area contributed by atoms with Crippen LogP contribution in [0.4, 0.5) is 0 Å². The van der Waals surface area contributed by atoms with E-state index in [1.165, 1.54) is 11.3 Å². The molecule has 0 unspecified atom stereocenters. The lowest BCUT2D eigenvalue weighted by molar-refractivity contribution is -0.123. The van der Waals surface area contributed by atoms with Gasteiger partial charge in [0.25, 0.3) is 11.8 Å². The summed E-state index contributed by atoms with van der Waals surface area (Å²) in [5, 5.41) is 3.99. The summed E-state index contributed by atoms with van der Waals surface area (Å²) in [6, 6.07) is 11.9. The second kappa shape index (κ2) is 9.94. The molecule has 2 aromatic carbocycles. The number of hydrazine groups is 1. The van der Waals surface area contributed by atoms with E-state index < -0.39 is 11.8 Å². The Balaban J connectivity index is 1.51. The summed E-state index contributed by atoms with van der Waals surface area (Å²) in [6.45, 7) is -0.255. The fourth-order valence-electron chi connectivity index (χ4n) is 2.35. The first kappa shape index (κ1) is 22.1. The lowest BCUT2D eigenvalue weighted by Crippen LogP contribution is -2.49. The third-order valence-electron chi connectivity index (χ3n) is 3.77. The van der Waals surface area contributed by atoms with Gasteiger partial charge in [0.2, 0.25) is 0 Å². The quantitative estimate of drug-likeness (QED) is 0.376. The summed E-state index contributed by atoms with van der Waals surface area (Å²) in [5.41, 5.74) is 4.78. The van der Waals surface area contributed by atoms with E-state index in [0.717, 1.165) is 10.1 Å². The molecule has 0 saturated carbocycles. The van der Waals surface area contributed by atoms with E-state index in [1.807, 2.05) is 0 Å². The van der Waals surface area contributed by atoms with Crippen LogP contribution in [0.25, 0.3) is 10.1 Å². The summed E-state index contributed by atoms with van der Waals surface area (Å²) in [6.07, 6.45) is 0. The first-order chi connectivity index (χ1) is 14.4. The van der Waals surface area contributed by atoms with Crippen molar-refractivity contribution >= 4 is 73.8 Å². The van der Waals surface area contributed by atoms with E-state index in [4.69, 9.17) is 44.9 Å². The fraction of sp³-hybridized carbons (Fsp3) is 0.105. The van der Waals surface area contributed by atoms with E-state index >= 15 is 0 Å². The maximum atomic E-state index is 12.5. The predicted molar refractivity (Wildman–Crippen MR) is 122 cm³/mol. The van der Waals surface area contributed by atoms with E-state index in [0.29, 0.717) is 26.4 Å². The van der Waals surface area contributed by atoms with Crippen LogP contribution in [0.3, 0.4) is 0 Å². The van der Waals surface area contributed by atoms with Crippen molar-refractivity contribution in [1.82, 2.24) is 16.2 Å². The van der Waals surface area contributed by atoms with Crippen LogP contribution in [0, 0.1) is 0 Å². The number of halogens is 2. The minimum atomic E-state index is -0.496. The number of methoxy groups -OCH3 is 1. The van der Waals surface area contributed by atoms with Crippen molar-refractivity contribution in [3.05, 3.63) is 57.4 Å². The molecule has 7 nitrogen and oxygen atoms in total. The van der Waals surface area contributed by atoms with Gasteiger partial charge in [0.15, 0.2) is 11.7 Å². The lowest BCUT2D eigenvalue weighted by Gasteiger charge is -2.11. The molecule has 0 aliphatic rings. The number of carbonyl (C=O) groups is 2. The first-order valence-corrected chi connectivity index (χ1v) is 10.4. The molecule has 1 heterocycles. The van der Waals surface area contributed by atoms with Gasteiger partial charge >= 0.3 is 0 Å². The van der Waals surface area contributed by atoms with Crippen molar-refractivity contribution in [1.29, 1.82) is 0 Å². The summed E-state index contributed by atoms with van der Waals surface area (Å²) in [7, 11) is 1.56. The normalized spacial score (nSPS) is 10.4. The van der Waals surface area contributed by atoms with Crippen molar-refractivity contribution in [2.24, 2.45) is 0 Å². The van der Waals surface area contributed by atoms with E-state index in [1.54, 1.807) is 49.6 Å². The van der Waals surface area contributed by atoms with Crippen LogP contribution in [0.5, 0.6) is 11.5 Å². The highest BCUT2D eigenvalue weighted by molar-refractivity contribution is 7.80. The van der Waals surface area contributed by atoms with E-state index in [2.05, 4.69) is 16.2 Å². The van der Waals surface area contributed by atoms with Gasteiger partial charge < -0.3 is 9.47 Å². The largest absolute Gasteiger partial charge is 0.497 e. The summed E-state index contributed by atoms with van der Waals surface area (Å²) in [4.78, 5) is 24.6. The minimum Gasteiger partial charge on any atom is -0.497 e. The van der Waals surface area contributed by atoms with Gasteiger partial charge in [-0.05, 0) is 54.7 Å². The Hall–Kier alpha value is -2.59. The van der Waals surface area contributed by atoms with Crippen molar-refractivity contribution < 1.29 is 19.1 Å². The molecule has 0 saturated heterocycles. The SMILES string of the molecule is COc1ccc2c(Cl)c(C(=O)NC(=S)NNC(=O)COc3ccc(Cl)cc3)sc2c1. The maximum absolute atomic E-state index is 12.5. The number of carbonyl (C=O) groups excluding carboxylic acids is 2. The number of amides is 2. The van der Waals surface area contributed by atoms with Crippen LogP contribution in [0.15, 0.2) is 42.5 Å². The molecule has 0 fully saturated rings. The molecule has 2 amide bonds. The topological polar surface area (TPSA) is 88.7 Å². The van der Waals surface area contributed by atoms with Gasteiger partial charge in [-0.1, -0.05) is 23.2 Å². The van der Waals surface area contributed by atoms with Gasteiger partial charge in [0, 0.05) is 15.1 Å². The molecule has 1 aromatic heterocycles.